The van der Waals surface area contributed by atoms with Crippen molar-refractivity contribution in [1.82, 2.24) is 14.8 Å². The molecule has 1 aliphatic heterocycles. The normalized spacial score (nSPS) is 22.8. The van der Waals surface area contributed by atoms with E-state index in [1.165, 1.54) is 0 Å². The van der Waals surface area contributed by atoms with E-state index in [4.69, 9.17) is 10.5 Å². The standard InChI is InChI=1S/C12H22N4OS/c1-8(2)16-10(13)14-15-11(16)18-7-9-5-6-12(3,4)17-9/h8-9H,5-7H2,1-4H3,(H2,13,14). The molecule has 0 bridgehead atoms. The maximum Gasteiger partial charge on any atom is 0.222 e. The summed E-state index contributed by atoms with van der Waals surface area (Å²) in [5, 5.41) is 8.96. The smallest absolute Gasteiger partial charge is 0.222 e. The van der Waals surface area contributed by atoms with Crippen LogP contribution in [0.1, 0.15) is 46.6 Å². The van der Waals surface area contributed by atoms with Gasteiger partial charge in [-0.2, -0.15) is 0 Å². The minimum atomic E-state index is 0.0238. The zero-order valence-corrected chi connectivity index (χ0v) is 12.3. The van der Waals surface area contributed by atoms with Gasteiger partial charge in [-0.1, -0.05) is 11.8 Å². The van der Waals surface area contributed by atoms with E-state index in [0.717, 1.165) is 23.8 Å². The number of hydrogen-bond acceptors (Lipinski definition) is 5. The molecule has 6 heteroatoms. The molecular weight excluding hydrogens is 248 g/mol. The molecule has 1 aromatic heterocycles. The average Bonchev–Trinajstić information content (AvgIpc) is 2.78. The molecule has 1 aromatic rings. The summed E-state index contributed by atoms with van der Waals surface area (Å²) in [5.41, 5.74) is 5.84. The highest BCUT2D eigenvalue weighted by Gasteiger charge is 2.31. The van der Waals surface area contributed by atoms with Crippen LogP contribution in [0.4, 0.5) is 5.95 Å². The molecule has 0 spiro atoms. The number of ether oxygens (including phenoxy) is 1. The predicted octanol–water partition coefficient (Wildman–Crippen LogP) is 2.49. The van der Waals surface area contributed by atoms with Crippen molar-refractivity contribution in [2.24, 2.45) is 0 Å². The highest BCUT2D eigenvalue weighted by Crippen LogP contribution is 2.33. The Hall–Kier alpha value is -0.750. The molecule has 5 nitrogen and oxygen atoms in total. The molecule has 2 rings (SSSR count). The van der Waals surface area contributed by atoms with Crippen LogP contribution < -0.4 is 5.73 Å². The van der Waals surface area contributed by atoms with Crippen LogP contribution in [0, 0.1) is 0 Å². The van der Waals surface area contributed by atoms with Crippen LogP contribution in [-0.2, 0) is 4.74 Å². The van der Waals surface area contributed by atoms with Gasteiger partial charge in [0.2, 0.25) is 5.95 Å². The fraction of sp³-hybridized carbons (Fsp3) is 0.833. The van der Waals surface area contributed by atoms with E-state index in [-0.39, 0.29) is 11.6 Å². The monoisotopic (exact) mass is 270 g/mol. The predicted molar refractivity (Wildman–Crippen MR) is 73.7 cm³/mol. The molecule has 0 aromatic carbocycles. The van der Waals surface area contributed by atoms with Crippen LogP contribution in [0.5, 0.6) is 0 Å². The molecule has 2 heterocycles. The topological polar surface area (TPSA) is 66.0 Å². The summed E-state index contributed by atoms with van der Waals surface area (Å²) in [6.45, 7) is 8.45. The van der Waals surface area contributed by atoms with Crippen LogP contribution in [-0.4, -0.2) is 32.2 Å². The van der Waals surface area contributed by atoms with Gasteiger partial charge in [-0.05, 0) is 40.5 Å². The third-order valence-corrected chi connectivity index (χ3v) is 4.23. The Balaban J connectivity index is 1.95. The van der Waals surface area contributed by atoms with E-state index < -0.39 is 0 Å². The highest BCUT2D eigenvalue weighted by molar-refractivity contribution is 7.99. The first-order chi connectivity index (χ1) is 8.39. The molecule has 0 aliphatic carbocycles. The fourth-order valence-corrected chi connectivity index (χ4v) is 3.35. The number of anilines is 1. The number of nitrogens with zero attached hydrogens (tertiary/aromatic N) is 3. The Morgan fingerprint density at radius 2 is 2.22 bits per heavy atom. The molecule has 1 atom stereocenters. The molecular formula is C12H22N4OS. The number of nitrogens with two attached hydrogens (primary N) is 1. The van der Waals surface area contributed by atoms with Crippen molar-refractivity contribution < 1.29 is 4.74 Å². The maximum atomic E-state index is 5.97. The first kappa shape index (κ1) is 13.7. The van der Waals surface area contributed by atoms with Crippen molar-refractivity contribution >= 4 is 17.7 Å². The first-order valence-electron chi connectivity index (χ1n) is 6.40. The molecule has 1 aliphatic rings. The van der Waals surface area contributed by atoms with Crippen molar-refractivity contribution in [3.63, 3.8) is 0 Å². The van der Waals surface area contributed by atoms with Crippen molar-refractivity contribution in [3.8, 4) is 0 Å². The molecule has 18 heavy (non-hydrogen) atoms. The second-order valence-electron chi connectivity index (χ2n) is 5.65. The highest BCUT2D eigenvalue weighted by atomic mass is 32.2. The van der Waals surface area contributed by atoms with Crippen LogP contribution in [0.2, 0.25) is 0 Å². The van der Waals surface area contributed by atoms with Gasteiger partial charge >= 0.3 is 0 Å². The number of hydrogen-bond donors (Lipinski definition) is 1. The first-order valence-corrected chi connectivity index (χ1v) is 7.38. The van der Waals surface area contributed by atoms with Gasteiger partial charge in [0.1, 0.15) is 0 Å². The largest absolute Gasteiger partial charge is 0.371 e. The van der Waals surface area contributed by atoms with Crippen LogP contribution in [0.3, 0.4) is 0 Å². The summed E-state index contributed by atoms with van der Waals surface area (Å²) < 4.78 is 7.93. The number of aromatic nitrogens is 3. The Labute approximate surface area is 112 Å². The third-order valence-electron chi connectivity index (χ3n) is 3.16. The fourth-order valence-electron chi connectivity index (χ4n) is 2.23. The lowest BCUT2D eigenvalue weighted by Gasteiger charge is -2.19. The lowest BCUT2D eigenvalue weighted by Crippen LogP contribution is -2.21. The van der Waals surface area contributed by atoms with E-state index in [0.29, 0.717) is 12.1 Å². The van der Waals surface area contributed by atoms with Gasteiger partial charge in [-0.15, -0.1) is 10.2 Å². The zero-order valence-electron chi connectivity index (χ0n) is 11.5. The van der Waals surface area contributed by atoms with Gasteiger partial charge < -0.3 is 10.5 Å². The van der Waals surface area contributed by atoms with E-state index >= 15 is 0 Å². The molecule has 0 radical (unpaired) electrons. The summed E-state index contributed by atoms with van der Waals surface area (Å²) in [7, 11) is 0. The molecule has 1 fully saturated rings. The van der Waals surface area contributed by atoms with Crippen LogP contribution in [0.15, 0.2) is 5.16 Å². The Bertz CT molecular complexity index is 416. The number of rotatable bonds is 4. The van der Waals surface area contributed by atoms with Crippen molar-refractivity contribution in [3.05, 3.63) is 0 Å². The zero-order chi connectivity index (χ0) is 13.3. The molecule has 1 saturated heterocycles. The van der Waals surface area contributed by atoms with Gasteiger partial charge in [-0.25, -0.2) is 0 Å². The molecule has 102 valence electrons. The third kappa shape index (κ3) is 2.98. The molecule has 2 N–H and O–H groups in total. The quantitative estimate of drug-likeness (QED) is 0.851. The maximum absolute atomic E-state index is 5.97. The van der Waals surface area contributed by atoms with Gasteiger partial charge in [0.15, 0.2) is 5.16 Å². The molecule has 1 unspecified atom stereocenters. The molecule has 0 amide bonds. The summed E-state index contributed by atoms with van der Waals surface area (Å²) in [5.74, 6) is 1.40. The van der Waals surface area contributed by atoms with Gasteiger partial charge in [0, 0.05) is 11.8 Å². The van der Waals surface area contributed by atoms with Gasteiger partial charge in [-0.3, -0.25) is 4.57 Å². The molecule has 0 saturated carbocycles. The van der Waals surface area contributed by atoms with Gasteiger partial charge in [0.05, 0.1) is 11.7 Å². The van der Waals surface area contributed by atoms with E-state index in [9.17, 15) is 0 Å². The lowest BCUT2D eigenvalue weighted by molar-refractivity contribution is -0.00469. The Morgan fingerprint density at radius 1 is 1.50 bits per heavy atom. The van der Waals surface area contributed by atoms with E-state index in [1.807, 2.05) is 4.57 Å². The summed E-state index contributed by atoms with van der Waals surface area (Å²) in [6, 6.07) is 0.281. The SMILES string of the molecule is CC(C)n1c(N)nnc1SCC1CCC(C)(C)O1. The number of nitrogen functional groups attached to an aromatic ring is 1. The van der Waals surface area contributed by atoms with Crippen LogP contribution in [0.25, 0.3) is 0 Å². The second-order valence-corrected chi connectivity index (χ2v) is 6.64. The summed E-state index contributed by atoms with van der Waals surface area (Å²) in [6.07, 6.45) is 2.55. The van der Waals surface area contributed by atoms with Gasteiger partial charge in [0.25, 0.3) is 0 Å². The lowest BCUT2D eigenvalue weighted by atomic mass is 10.1. The second kappa shape index (κ2) is 5.09. The Kier molecular flexibility index (Phi) is 3.87. The van der Waals surface area contributed by atoms with Crippen LogP contribution >= 0.6 is 11.8 Å². The van der Waals surface area contributed by atoms with E-state index in [1.54, 1.807) is 11.8 Å². The average molecular weight is 270 g/mol. The van der Waals surface area contributed by atoms with E-state index in [2.05, 4.69) is 37.9 Å². The minimum absolute atomic E-state index is 0.0238. The Morgan fingerprint density at radius 3 is 2.78 bits per heavy atom. The van der Waals surface area contributed by atoms with Crippen molar-refractivity contribution in [2.45, 2.75) is 63.4 Å². The summed E-state index contributed by atoms with van der Waals surface area (Å²) >= 11 is 1.68. The summed E-state index contributed by atoms with van der Waals surface area (Å²) in [4.78, 5) is 0. The van der Waals surface area contributed by atoms with Crippen molar-refractivity contribution in [2.75, 3.05) is 11.5 Å². The minimum Gasteiger partial charge on any atom is -0.371 e. The van der Waals surface area contributed by atoms with Crippen molar-refractivity contribution in [1.29, 1.82) is 0 Å². The number of thioether (sulfide) groups is 1.